The number of hydrogen-bond acceptors (Lipinski definition) is 6. The third-order valence-corrected chi connectivity index (χ3v) is 3.96. The van der Waals surface area contributed by atoms with Crippen molar-refractivity contribution in [2.24, 2.45) is 0 Å². The minimum atomic E-state index is -0.339. The molecule has 2 amide bonds. The van der Waals surface area contributed by atoms with Crippen molar-refractivity contribution < 1.29 is 9.21 Å². The van der Waals surface area contributed by atoms with E-state index in [0.29, 0.717) is 17.2 Å². The Morgan fingerprint density at radius 2 is 2.08 bits per heavy atom. The molecule has 0 aliphatic carbocycles. The number of rotatable bonds is 4. The molecule has 26 heavy (non-hydrogen) atoms. The van der Waals surface area contributed by atoms with E-state index in [0.717, 1.165) is 22.5 Å². The highest BCUT2D eigenvalue weighted by Gasteiger charge is 2.13. The van der Waals surface area contributed by atoms with Crippen molar-refractivity contribution in [3.8, 4) is 0 Å². The molecule has 0 saturated heterocycles. The minimum Gasteiger partial charge on any atom is -0.464 e. The average molecular weight is 351 g/mol. The van der Waals surface area contributed by atoms with Gasteiger partial charge in [-0.05, 0) is 18.2 Å². The number of anilines is 4. The Balaban J connectivity index is 1.78. The fourth-order valence-corrected chi connectivity index (χ4v) is 2.72. The molecule has 3 aromatic heterocycles. The number of amides is 2. The van der Waals surface area contributed by atoms with E-state index in [4.69, 9.17) is 4.42 Å². The molecule has 0 atom stereocenters. The van der Waals surface area contributed by atoms with Crippen molar-refractivity contribution in [2.75, 3.05) is 30.0 Å². The molecule has 0 radical (unpaired) electrons. The molecule has 0 saturated carbocycles. The van der Waals surface area contributed by atoms with Gasteiger partial charge in [0, 0.05) is 25.5 Å². The van der Waals surface area contributed by atoms with Gasteiger partial charge in [-0.3, -0.25) is 0 Å². The standard InChI is InChI=1S/C17H17N7O2/c1-18-15-8-14(21-11-4-3-5-13-10(11)6-7-26-13)23-16-12(9-20-24(15)16)22-17(25)19-2/h3-9,18H,1-2H3,(H,21,23)(H2,19,22,25). The summed E-state index contributed by atoms with van der Waals surface area (Å²) in [5.74, 6) is 1.33. The lowest BCUT2D eigenvalue weighted by Crippen LogP contribution is -2.24. The molecule has 9 heteroatoms. The van der Waals surface area contributed by atoms with Crippen LogP contribution in [0.5, 0.6) is 0 Å². The van der Waals surface area contributed by atoms with Crippen molar-refractivity contribution >= 4 is 45.7 Å². The Morgan fingerprint density at radius 3 is 2.88 bits per heavy atom. The van der Waals surface area contributed by atoms with Crippen molar-refractivity contribution in [3.05, 3.63) is 42.8 Å². The maximum absolute atomic E-state index is 11.6. The van der Waals surface area contributed by atoms with Crippen LogP contribution in [0.25, 0.3) is 16.6 Å². The zero-order valence-corrected chi connectivity index (χ0v) is 14.2. The lowest BCUT2D eigenvalue weighted by molar-refractivity contribution is 0.254. The number of nitrogens with zero attached hydrogens (tertiary/aromatic N) is 3. The van der Waals surface area contributed by atoms with Crippen LogP contribution in [0.1, 0.15) is 0 Å². The van der Waals surface area contributed by atoms with Crippen LogP contribution in [0.3, 0.4) is 0 Å². The van der Waals surface area contributed by atoms with E-state index < -0.39 is 0 Å². The first-order valence-electron chi connectivity index (χ1n) is 7.98. The number of hydrogen-bond donors (Lipinski definition) is 4. The van der Waals surface area contributed by atoms with Crippen LogP contribution in [0.4, 0.5) is 27.8 Å². The van der Waals surface area contributed by atoms with E-state index in [2.05, 4.69) is 31.3 Å². The van der Waals surface area contributed by atoms with Gasteiger partial charge in [0.05, 0.1) is 18.1 Å². The molecule has 0 unspecified atom stereocenters. The van der Waals surface area contributed by atoms with Crippen molar-refractivity contribution in [1.29, 1.82) is 0 Å². The summed E-state index contributed by atoms with van der Waals surface area (Å²) in [6, 6.07) is 9.15. The van der Waals surface area contributed by atoms with Crippen molar-refractivity contribution in [1.82, 2.24) is 19.9 Å². The summed E-state index contributed by atoms with van der Waals surface area (Å²) < 4.78 is 7.05. The lowest BCUT2D eigenvalue weighted by atomic mass is 10.2. The van der Waals surface area contributed by atoms with Crippen LogP contribution in [0.15, 0.2) is 47.2 Å². The lowest BCUT2D eigenvalue weighted by Gasteiger charge is -2.11. The van der Waals surface area contributed by atoms with Crippen LogP contribution >= 0.6 is 0 Å². The average Bonchev–Trinajstić information content (AvgIpc) is 3.29. The first-order chi connectivity index (χ1) is 12.7. The molecular formula is C17H17N7O2. The first-order valence-corrected chi connectivity index (χ1v) is 7.98. The number of benzene rings is 1. The second kappa shape index (κ2) is 6.28. The zero-order valence-electron chi connectivity index (χ0n) is 14.2. The highest BCUT2D eigenvalue weighted by molar-refractivity contribution is 5.94. The Labute approximate surface area is 148 Å². The van der Waals surface area contributed by atoms with Crippen molar-refractivity contribution in [2.45, 2.75) is 0 Å². The molecule has 0 aliphatic heterocycles. The summed E-state index contributed by atoms with van der Waals surface area (Å²) in [6.45, 7) is 0. The number of urea groups is 1. The Hall–Kier alpha value is -3.75. The fourth-order valence-electron chi connectivity index (χ4n) is 2.72. The largest absolute Gasteiger partial charge is 0.464 e. The van der Waals surface area contributed by atoms with Gasteiger partial charge in [-0.2, -0.15) is 9.61 Å². The maximum Gasteiger partial charge on any atom is 0.319 e. The molecule has 0 fully saturated rings. The maximum atomic E-state index is 11.6. The van der Waals surface area contributed by atoms with Crippen LogP contribution < -0.4 is 21.3 Å². The summed E-state index contributed by atoms with van der Waals surface area (Å²) in [7, 11) is 3.34. The second-order valence-electron chi connectivity index (χ2n) is 5.54. The van der Waals surface area contributed by atoms with E-state index in [-0.39, 0.29) is 6.03 Å². The van der Waals surface area contributed by atoms with Crippen LogP contribution in [-0.2, 0) is 0 Å². The predicted octanol–water partition coefficient (Wildman–Crippen LogP) is 3.01. The number of carbonyl (C=O) groups is 1. The van der Waals surface area contributed by atoms with Gasteiger partial charge in [-0.1, -0.05) is 6.07 Å². The predicted molar refractivity (Wildman–Crippen MR) is 100 cm³/mol. The monoisotopic (exact) mass is 351 g/mol. The van der Waals surface area contributed by atoms with Crippen LogP contribution in [-0.4, -0.2) is 34.7 Å². The molecule has 4 aromatic rings. The van der Waals surface area contributed by atoms with Gasteiger partial charge in [0.15, 0.2) is 5.65 Å². The summed E-state index contributed by atoms with van der Waals surface area (Å²) in [5, 5.41) is 16.8. The fraction of sp³-hybridized carbons (Fsp3) is 0.118. The van der Waals surface area contributed by atoms with Crippen molar-refractivity contribution in [3.63, 3.8) is 0 Å². The van der Waals surface area contributed by atoms with E-state index in [1.165, 1.54) is 0 Å². The smallest absolute Gasteiger partial charge is 0.319 e. The molecule has 0 aliphatic rings. The third-order valence-electron chi connectivity index (χ3n) is 3.96. The van der Waals surface area contributed by atoms with Gasteiger partial charge in [-0.25, -0.2) is 9.78 Å². The SMILES string of the molecule is CNC(=O)Nc1cnn2c(NC)cc(Nc3cccc4occc34)nc12. The van der Waals surface area contributed by atoms with Gasteiger partial charge in [0.1, 0.15) is 22.9 Å². The number of furan rings is 1. The first kappa shape index (κ1) is 15.8. The molecule has 0 bridgehead atoms. The summed E-state index contributed by atoms with van der Waals surface area (Å²) >= 11 is 0. The van der Waals surface area contributed by atoms with E-state index >= 15 is 0 Å². The third kappa shape index (κ3) is 2.65. The summed E-state index contributed by atoms with van der Waals surface area (Å²) in [5.41, 5.74) is 2.68. The van der Waals surface area contributed by atoms with E-state index in [9.17, 15) is 4.79 Å². The molecule has 1 aromatic carbocycles. The number of nitrogens with one attached hydrogen (secondary N) is 4. The highest BCUT2D eigenvalue weighted by Crippen LogP contribution is 2.29. The van der Waals surface area contributed by atoms with Gasteiger partial charge in [-0.15, -0.1) is 0 Å². The summed E-state index contributed by atoms with van der Waals surface area (Å²) in [4.78, 5) is 16.2. The molecule has 3 heterocycles. The van der Waals surface area contributed by atoms with E-state index in [1.807, 2.05) is 30.3 Å². The second-order valence-corrected chi connectivity index (χ2v) is 5.54. The van der Waals surface area contributed by atoms with Crippen LogP contribution in [0, 0.1) is 0 Å². The number of fused-ring (bicyclic) bond motifs is 2. The highest BCUT2D eigenvalue weighted by atomic mass is 16.3. The molecule has 4 rings (SSSR count). The van der Waals surface area contributed by atoms with Gasteiger partial charge < -0.3 is 25.7 Å². The summed E-state index contributed by atoms with van der Waals surface area (Å²) in [6.07, 6.45) is 3.20. The minimum absolute atomic E-state index is 0.339. The molecule has 132 valence electrons. The zero-order chi connectivity index (χ0) is 18.1. The number of carbonyl (C=O) groups excluding carboxylic acids is 1. The Bertz CT molecular complexity index is 1100. The molecule has 0 spiro atoms. The normalized spacial score (nSPS) is 10.8. The Kier molecular flexibility index (Phi) is 3.81. The van der Waals surface area contributed by atoms with Gasteiger partial charge in [0.25, 0.3) is 0 Å². The van der Waals surface area contributed by atoms with Gasteiger partial charge in [0.2, 0.25) is 0 Å². The van der Waals surface area contributed by atoms with Crippen LogP contribution in [0.2, 0.25) is 0 Å². The molecule has 9 nitrogen and oxygen atoms in total. The topological polar surface area (TPSA) is 109 Å². The Morgan fingerprint density at radius 1 is 1.19 bits per heavy atom. The molecular weight excluding hydrogens is 334 g/mol. The van der Waals surface area contributed by atoms with E-state index in [1.54, 1.807) is 31.1 Å². The quantitative estimate of drug-likeness (QED) is 0.450. The number of aromatic nitrogens is 3. The molecule has 4 N–H and O–H groups in total. The van der Waals surface area contributed by atoms with Gasteiger partial charge >= 0.3 is 6.03 Å².